The highest BCUT2D eigenvalue weighted by molar-refractivity contribution is 8.00. The Balaban J connectivity index is 3.27. The summed E-state index contributed by atoms with van der Waals surface area (Å²) >= 11 is 1.64. The number of carbonyl (C=O) groups is 1. The first-order valence-electron chi connectivity index (χ1n) is 5.11. The number of benzene rings is 1. The van der Waals surface area contributed by atoms with Gasteiger partial charge < -0.3 is 10.5 Å². The number of anilines is 1. The Labute approximate surface area is 100 Å². The van der Waals surface area contributed by atoms with Crippen molar-refractivity contribution in [1.29, 1.82) is 0 Å². The molecule has 0 aromatic heterocycles. The van der Waals surface area contributed by atoms with Crippen molar-refractivity contribution in [2.45, 2.75) is 30.9 Å². The molecule has 0 aliphatic carbocycles. The van der Waals surface area contributed by atoms with Crippen LogP contribution in [-0.4, -0.2) is 18.3 Å². The maximum absolute atomic E-state index is 11.7. The molecule has 0 saturated carbocycles. The minimum Gasteiger partial charge on any atom is -0.465 e. The highest BCUT2D eigenvalue weighted by atomic mass is 32.2. The molecule has 0 atom stereocenters. The lowest BCUT2D eigenvalue weighted by Gasteiger charge is -2.13. The molecule has 0 amide bonds. The fraction of sp³-hybridized carbons (Fsp3) is 0.417. The van der Waals surface area contributed by atoms with Gasteiger partial charge in [0.1, 0.15) is 0 Å². The Morgan fingerprint density at radius 3 is 2.56 bits per heavy atom. The van der Waals surface area contributed by atoms with E-state index in [1.54, 1.807) is 11.8 Å². The minimum atomic E-state index is -0.326. The summed E-state index contributed by atoms with van der Waals surface area (Å²) in [6.07, 6.45) is 0. The highest BCUT2D eigenvalue weighted by Crippen LogP contribution is 2.31. The molecule has 1 aromatic carbocycles. The molecule has 0 heterocycles. The minimum absolute atomic E-state index is 0.326. The number of nitrogen functional groups attached to an aromatic ring is 1. The number of thioether (sulfide) groups is 1. The van der Waals surface area contributed by atoms with Crippen LogP contribution in [0.1, 0.15) is 29.8 Å². The standard InChI is InChI=1S/C12H17NO2S/c1-7(2)16-10-6-5-9(13)8(3)11(10)12(14)15-4/h5-7H,13H2,1-4H3. The maximum atomic E-state index is 11.7. The second-order valence-corrected chi connectivity index (χ2v) is 5.43. The largest absolute Gasteiger partial charge is 0.465 e. The first-order chi connectivity index (χ1) is 7.47. The predicted molar refractivity (Wildman–Crippen MR) is 67.9 cm³/mol. The summed E-state index contributed by atoms with van der Waals surface area (Å²) in [4.78, 5) is 12.6. The average Bonchev–Trinajstić information content (AvgIpc) is 2.22. The van der Waals surface area contributed by atoms with Gasteiger partial charge in [0, 0.05) is 15.8 Å². The van der Waals surface area contributed by atoms with Gasteiger partial charge >= 0.3 is 5.97 Å². The van der Waals surface area contributed by atoms with Gasteiger partial charge in [-0.25, -0.2) is 4.79 Å². The molecule has 0 saturated heterocycles. The van der Waals surface area contributed by atoms with Crippen molar-refractivity contribution >= 4 is 23.4 Å². The van der Waals surface area contributed by atoms with E-state index in [1.165, 1.54) is 7.11 Å². The van der Waals surface area contributed by atoms with E-state index < -0.39 is 0 Å². The molecule has 16 heavy (non-hydrogen) atoms. The van der Waals surface area contributed by atoms with Crippen LogP contribution >= 0.6 is 11.8 Å². The lowest BCUT2D eigenvalue weighted by Crippen LogP contribution is -2.08. The van der Waals surface area contributed by atoms with Gasteiger partial charge in [0.25, 0.3) is 0 Å². The second kappa shape index (κ2) is 5.25. The van der Waals surface area contributed by atoms with Crippen molar-refractivity contribution < 1.29 is 9.53 Å². The van der Waals surface area contributed by atoms with E-state index in [0.29, 0.717) is 16.5 Å². The molecular weight excluding hydrogens is 222 g/mol. The molecule has 0 bridgehead atoms. The van der Waals surface area contributed by atoms with Gasteiger partial charge in [-0.15, -0.1) is 11.8 Å². The van der Waals surface area contributed by atoms with Gasteiger partial charge in [-0.3, -0.25) is 0 Å². The third-order valence-corrected chi connectivity index (χ3v) is 3.29. The van der Waals surface area contributed by atoms with Gasteiger partial charge in [0.2, 0.25) is 0 Å². The number of methoxy groups -OCH3 is 1. The number of carbonyl (C=O) groups excluding carboxylic acids is 1. The van der Waals surface area contributed by atoms with Crippen molar-refractivity contribution in [2.75, 3.05) is 12.8 Å². The number of esters is 1. The monoisotopic (exact) mass is 239 g/mol. The van der Waals surface area contributed by atoms with Crippen molar-refractivity contribution in [3.05, 3.63) is 23.3 Å². The van der Waals surface area contributed by atoms with E-state index in [2.05, 4.69) is 13.8 Å². The summed E-state index contributed by atoms with van der Waals surface area (Å²) in [5.74, 6) is -0.326. The zero-order valence-electron chi connectivity index (χ0n) is 10.0. The van der Waals surface area contributed by atoms with E-state index in [-0.39, 0.29) is 5.97 Å². The fourth-order valence-electron chi connectivity index (χ4n) is 1.41. The van der Waals surface area contributed by atoms with Crippen LogP contribution in [0.15, 0.2) is 17.0 Å². The summed E-state index contributed by atoms with van der Waals surface area (Å²) in [7, 11) is 1.38. The number of rotatable bonds is 3. The summed E-state index contributed by atoms with van der Waals surface area (Å²) in [5.41, 5.74) is 7.79. The summed E-state index contributed by atoms with van der Waals surface area (Å²) in [6.45, 7) is 6.00. The Kier molecular flexibility index (Phi) is 4.24. The van der Waals surface area contributed by atoms with Crippen LogP contribution in [0.25, 0.3) is 0 Å². The van der Waals surface area contributed by atoms with Crippen molar-refractivity contribution in [3.63, 3.8) is 0 Å². The van der Waals surface area contributed by atoms with Crippen molar-refractivity contribution in [1.82, 2.24) is 0 Å². The lowest BCUT2D eigenvalue weighted by molar-refractivity contribution is 0.0596. The van der Waals surface area contributed by atoms with Crippen molar-refractivity contribution in [3.8, 4) is 0 Å². The molecule has 1 rings (SSSR count). The number of ether oxygens (including phenoxy) is 1. The second-order valence-electron chi connectivity index (χ2n) is 3.81. The van der Waals surface area contributed by atoms with Crippen LogP contribution in [0.4, 0.5) is 5.69 Å². The molecule has 0 aliphatic rings. The van der Waals surface area contributed by atoms with E-state index in [4.69, 9.17) is 10.5 Å². The van der Waals surface area contributed by atoms with E-state index >= 15 is 0 Å². The summed E-state index contributed by atoms with van der Waals surface area (Å²) in [6, 6.07) is 3.70. The Morgan fingerprint density at radius 2 is 2.06 bits per heavy atom. The molecule has 3 nitrogen and oxygen atoms in total. The molecule has 88 valence electrons. The molecule has 4 heteroatoms. The first-order valence-corrected chi connectivity index (χ1v) is 5.99. The van der Waals surface area contributed by atoms with Crippen LogP contribution in [0, 0.1) is 6.92 Å². The Morgan fingerprint density at radius 1 is 1.44 bits per heavy atom. The van der Waals surface area contributed by atoms with Gasteiger partial charge in [-0.2, -0.15) is 0 Å². The number of hydrogen-bond donors (Lipinski definition) is 1. The van der Waals surface area contributed by atoms with Crippen LogP contribution < -0.4 is 5.73 Å². The molecule has 1 aromatic rings. The van der Waals surface area contributed by atoms with Crippen LogP contribution in [0.3, 0.4) is 0 Å². The fourth-order valence-corrected chi connectivity index (χ4v) is 2.42. The van der Waals surface area contributed by atoms with Crippen LogP contribution in [-0.2, 0) is 4.74 Å². The number of hydrogen-bond acceptors (Lipinski definition) is 4. The van der Waals surface area contributed by atoms with Crippen LogP contribution in [0.5, 0.6) is 0 Å². The topological polar surface area (TPSA) is 52.3 Å². The molecule has 0 unspecified atom stereocenters. The van der Waals surface area contributed by atoms with E-state index in [0.717, 1.165) is 10.5 Å². The molecule has 2 N–H and O–H groups in total. The SMILES string of the molecule is COC(=O)c1c(SC(C)C)ccc(N)c1C. The molecule has 0 aliphatic heterocycles. The maximum Gasteiger partial charge on any atom is 0.339 e. The molecule has 0 radical (unpaired) electrons. The summed E-state index contributed by atoms with van der Waals surface area (Å²) in [5, 5.41) is 0.409. The lowest BCUT2D eigenvalue weighted by atomic mass is 10.1. The zero-order chi connectivity index (χ0) is 12.3. The average molecular weight is 239 g/mol. The molecule has 0 spiro atoms. The quantitative estimate of drug-likeness (QED) is 0.500. The van der Waals surface area contributed by atoms with Gasteiger partial charge in [-0.05, 0) is 24.6 Å². The van der Waals surface area contributed by atoms with E-state index in [9.17, 15) is 4.79 Å². The highest BCUT2D eigenvalue weighted by Gasteiger charge is 2.17. The summed E-state index contributed by atoms with van der Waals surface area (Å²) < 4.78 is 4.79. The zero-order valence-corrected chi connectivity index (χ0v) is 10.9. The molecule has 0 fully saturated rings. The van der Waals surface area contributed by atoms with E-state index in [1.807, 2.05) is 19.1 Å². The van der Waals surface area contributed by atoms with Crippen molar-refractivity contribution in [2.24, 2.45) is 0 Å². The Hall–Kier alpha value is -1.16. The van der Waals surface area contributed by atoms with Gasteiger partial charge in [0.05, 0.1) is 12.7 Å². The van der Waals surface area contributed by atoms with Gasteiger partial charge in [0.15, 0.2) is 0 Å². The Bertz CT molecular complexity index is 402. The predicted octanol–water partition coefficient (Wildman–Crippen LogP) is 2.86. The van der Waals surface area contributed by atoms with Gasteiger partial charge in [-0.1, -0.05) is 13.8 Å². The smallest absolute Gasteiger partial charge is 0.339 e. The van der Waals surface area contributed by atoms with Crippen LogP contribution in [0.2, 0.25) is 0 Å². The third-order valence-electron chi connectivity index (χ3n) is 2.22. The normalized spacial score (nSPS) is 10.6. The third kappa shape index (κ3) is 2.70. The number of nitrogens with two attached hydrogens (primary N) is 1. The first kappa shape index (κ1) is 12.9. The molecular formula is C12H17NO2S.